The van der Waals surface area contributed by atoms with Gasteiger partial charge in [0.2, 0.25) is 0 Å². The van der Waals surface area contributed by atoms with Crippen LogP contribution in [0.3, 0.4) is 0 Å². The smallest absolute Gasteiger partial charge is 0.411 e. The molecule has 1 rings (SSSR count). The highest BCUT2D eigenvalue weighted by Crippen LogP contribution is 2.15. The van der Waals surface area contributed by atoms with Crippen LogP contribution in [0.2, 0.25) is 0 Å². The number of esters is 1. The van der Waals surface area contributed by atoms with Gasteiger partial charge in [-0.25, -0.2) is 9.59 Å². The topological polar surface area (TPSA) is 107 Å². The molecular formula is C13H16N2O6. The number of carbonyl (C=O) groups is 3. The Balaban J connectivity index is 2.78. The Labute approximate surface area is 121 Å². The Bertz CT molecular complexity index is 549. The van der Waals surface area contributed by atoms with Gasteiger partial charge in [0.1, 0.15) is 12.3 Å². The molecule has 0 aliphatic carbocycles. The molecule has 1 aromatic rings. The van der Waals surface area contributed by atoms with Crippen LogP contribution in [0.1, 0.15) is 16.9 Å². The van der Waals surface area contributed by atoms with Crippen molar-refractivity contribution in [2.45, 2.75) is 13.0 Å². The molecule has 0 saturated heterocycles. The lowest BCUT2D eigenvalue weighted by atomic mass is 10.4. The summed E-state index contributed by atoms with van der Waals surface area (Å²) >= 11 is 0. The number of nitrogens with zero attached hydrogens (tertiary/aromatic N) is 1. The highest BCUT2D eigenvalue weighted by Gasteiger charge is 2.15. The highest BCUT2D eigenvalue weighted by molar-refractivity contribution is 5.90. The van der Waals surface area contributed by atoms with E-state index in [1.54, 1.807) is 0 Å². The zero-order valence-corrected chi connectivity index (χ0v) is 11.5. The van der Waals surface area contributed by atoms with Gasteiger partial charge in [0.05, 0.1) is 19.2 Å². The number of carboxylic acid groups (broad SMARTS) is 1. The van der Waals surface area contributed by atoms with E-state index in [1.165, 1.54) is 30.0 Å². The van der Waals surface area contributed by atoms with Crippen LogP contribution in [0, 0.1) is 0 Å². The summed E-state index contributed by atoms with van der Waals surface area (Å²) in [6, 6.07) is 1.27. The second-order valence-corrected chi connectivity index (χ2v) is 3.95. The number of carbonyl (C=O) groups excluding carboxylic acids is 2. The third-order valence-electron chi connectivity index (χ3n) is 2.48. The van der Waals surface area contributed by atoms with E-state index in [4.69, 9.17) is 9.84 Å². The molecule has 0 bridgehead atoms. The van der Waals surface area contributed by atoms with Crippen molar-refractivity contribution >= 4 is 23.7 Å². The number of rotatable bonds is 7. The molecule has 0 aromatic carbocycles. The predicted octanol–water partition coefficient (Wildman–Crippen LogP) is 1.48. The quantitative estimate of drug-likeness (QED) is 0.583. The molecule has 1 heterocycles. The molecule has 0 unspecified atom stereocenters. The van der Waals surface area contributed by atoms with Gasteiger partial charge in [-0.3, -0.25) is 10.1 Å². The fraction of sp³-hybridized carbons (Fsp3) is 0.308. The second kappa shape index (κ2) is 7.73. The molecule has 21 heavy (non-hydrogen) atoms. The lowest BCUT2D eigenvalue weighted by molar-refractivity contribution is -0.140. The van der Waals surface area contributed by atoms with E-state index in [9.17, 15) is 14.4 Å². The summed E-state index contributed by atoms with van der Waals surface area (Å²) in [6.07, 6.45) is 2.11. The molecule has 2 N–H and O–H groups in total. The summed E-state index contributed by atoms with van der Waals surface area (Å²) in [5.41, 5.74) is 0.198. The van der Waals surface area contributed by atoms with Gasteiger partial charge in [-0.05, 0) is 6.07 Å². The molecular weight excluding hydrogens is 280 g/mol. The van der Waals surface area contributed by atoms with Gasteiger partial charge >= 0.3 is 18.0 Å². The van der Waals surface area contributed by atoms with E-state index < -0.39 is 18.0 Å². The van der Waals surface area contributed by atoms with Crippen LogP contribution in [0.15, 0.2) is 24.9 Å². The molecule has 0 fully saturated rings. The number of carboxylic acids is 1. The van der Waals surface area contributed by atoms with Crippen LogP contribution in [0.4, 0.5) is 10.5 Å². The van der Waals surface area contributed by atoms with Crippen molar-refractivity contribution in [3.05, 3.63) is 30.6 Å². The van der Waals surface area contributed by atoms with Crippen LogP contribution in [0.5, 0.6) is 0 Å². The predicted molar refractivity (Wildman–Crippen MR) is 73.2 cm³/mol. The number of nitrogens with one attached hydrogen (secondary N) is 1. The van der Waals surface area contributed by atoms with Crippen molar-refractivity contribution < 1.29 is 29.0 Å². The van der Waals surface area contributed by atoms with Crippen LogP contribution in [-0.2, 0) is 20.8 Å². The molecule has 0 saturated carbocycles. The van der Waals surface area contributed by atoms with E-state index in [0.717, 1.165) is 0 Å². The van der Waals surface area contributed by atoms with Crippen LogP contribution < -0.4 is 5.32 Å². The van der Waals surface area contributed by atoms with E-state index in [0.29, 0.717) is 0 Å². The van der Waals surface area contributed by atoms with Crippen molar-refractivity contribution in [2.75, 3.05) is 19.0 Å². The monoisotopic (exact) mass is 296 g/mol. The van der Waals surface area contributed by atoms with E-state index in [2.05, 4.69) is 16.6 Å². The van der Waals surface area contributed by atoms with Crippen molar-refractivity contribution in [1.82, 2.24) is 4.57 Å². The van der Waals surface area contributed by atoms with Gasteiger partial charge in [0, 0.05) is 12.7 Å². The molecule has 0 aliphatic rings. The maximum Gasteiger partial charge on any atom is 0.411 e. The number of aromatic carboxylic acids is 1. The zero-order valence-electron chi connectivity index (χ0n) is 11.5. The summed E-state index contributed by atoms with van der Waals surface area (Å²) in [4.78, 5) is 33.6. The van der Waals surface area contributed by atoms with Crippen LogP contribution >= 0.6 is 0 Å². The Morgan fingerprint density at radius 1 is 1.48 bits per heavy atom. The molecule has 1 amide bonds. The highest BCUT2D eigenvalue weighted by atomic mass is 16.5. The summed E-state index contributed by atoms with van der Waals surface area (Å²) in [5, 5.41) is 11.5. The molecule has 114 valence electrons. The molecule has 8 heteroatoms. The maximum absolute atomic E-state index is 11.4. The van der Waals surface area contributed by atoms with Gasteiger partial charge in [-0.15, -0.1) is 0 Å². The van der Waals surface area contributed by atoms with E-state index in [-0.39, 0.29) is 31.0 Å². The first kappa shape index (κ1) is 16.3. The van der Waals surface area contributed by atoms with E-state index in [1.807, 2.05) is 0 Å². The van der Waals surface area contributed by atoms with Crippen LogP contribution in [0.25, 0.3) is 0 Å². The minimum absolute atomic E-state index is 0.0197. The third kappa shape index (κ3) is 5.01. The van der Waals surface area contributed by atoms with Crippen molar-refractivity contribution in [3.8, 4) is 0 Å². The van der Waals surface area contributed by atoms with Crippen molar-refractivity contribution in [3.63, 3.8) is 0 Å². The average Bonchev–Trinajstić information content (AvgIpc) is 2.85. The first-order valence-corrected chi connectivity index (χ1v) is 6.03. The van der Waals surface area contributed by atoms with Gasteiger partial charge in [-0.2, -0.15) is 0 Å². The van der Waals surface area contributed by atoms with Crippen molar-refractivity contribution in [1.29, 1.82) is 0 Å². The Morgan fingerprint density at radius 2 is 2.19 bits per heavy atom. The molecule has 8 nitrogen and oxygen atoms in total. The number of hydrogen-bond donors (Lipinski definition) is 2. The Kier molecular flexibility index (Phi) is 5.99. The maximum atomic E-state index is 11.4. The van der Waals surface area contributed by atoms with Gasteiger partial charge < -0.3 is 19.1 Å². The first-order valence-electron chi connectivity index (χ1n) is 6.03. The molecule has 0 radical (unpaired) electrons. The number of aryl methyl sites for hydroxylation is 1. The number of ether oxygens (including phenoxy) is 2. The molecule has 0 aliphatic heterocycles. The lowest BCUT2D eigenvalue weighted by Crippen LogP contribution is -2.13. The fourth-order valence-corrected chi connectivity index (χ4v) is 1.55. The van der Waals surface area contributed by atoms with Gasteiger partial charge in [0.25, 0.3) is 0 Å². The first-order chi connectivity index (χ1) is 9.97. The third-order valence-corrected chi connectivity index (χ3v) is 2.48. The van der Waals surface area contributed by atoms with Crippen molar-refractivity contribution in [2.24, 2.45) is 0 Å². The number of amides is 1. The lowest BCUT2D eigenvalue weighted by Gasteiger charge is -2.04. The molecule has 0 spiro atoms. The summed E-state index contributed by atoms with van der Waals surface area (Å²) < 4.78 is 10.5. The Morgan fingerprint density at radius 3 is 2.76 bits per heavy atom. The van der Waals surface area contributed by atoms with E-state index >= 15 is 0 Å². The average molecular weight is 296 g/mol. The normalized spacial score (nSPS) is 9.76. The SMILES string of the molecule is C=CCOC(=O)Nc1cc(C(=O)O)n(CCC(=O)OC)c1. The summed E-state index contributed by atoms with van der Waals surface area (Å²) in [6.45, 7) is 3.56. The largest absolute Gasteiger partial charge is 0.477 e. The van der Waals surface area contributed by atoms with Gasteiger partial charge in [0.15, 0.2) is 0 Å². The number of aromatic nitrogens is 1. The van der Waals surface area contributed by atoms with Crippen LogP contribution in [-0.4, -0.2) is 41.4 Å². The fourth-order valence-electron chi connectivity index (χ4n) is 1.55. The summed E-state index contributed by atoms with van der Waals surface area (Å²) in [7, 11) is 1.25. The standard InChI is InChI=1S/C13H16N2O6/c1-3-6-21-13(19)14-9-7-10(12(17)18)15(8-9)5-4-11(16)20-2/h3,7-8H,1,4-6H2,2H3,(H,14,19)(H,17,18). The minimum atomic E-state index is -1.17. The molecule has 1 aromatic heterocycles. The summed E-state index contributed by atoms with van der Waals surface area (Å²) in [5.74, 6) is -1.63. The number of hydrogen-bond acceptors (Lipinski definition) is 5. The number of methoxy groups -OCH3 is 1. The number of anilines is 1. The minimum Gasteiger partial charge on any atom is -0.477 e. The second-order valence-electron chi connectivity index (χ2n) is 3.95. The zero-order chi connectivity index (χ0) is 15.8. The van der Waals surface area contributed by atoms with Gasteiger partial charge in [-0.1, -0.05) is 12.7 Å². The molecule has 0 atom stereocenters. The Hall–Kier alpha value is -2.77.